The molecule has 0 bridgehead atoms. The number of thiophene rings is 1. The summed E-state index contributed by atoms with van der Waals surface area (Å²) in [7, 11) is 0. The Bertz CT molecular complexity index is 488. The summed E-state index contributed by atoms with van der Waals surface area (Å²) in [5, 5.41) is 0. The van der Waals surface area contributed by atoms with Crippen molar-refractivity contribution in [3.05, 3.63) is 21.3 Å². The molecule has 116 valence electrons. The fraction of sp³-hybridized carbons (Fsp3) is 0.667. The van der Waals surface area contributed by atoms with Crippen LogP contribution in [0.2, 0.25) is 4.34 Å². The molecule has 2 aliphatic heterocycles. The smallest absolute Gasteiger partial charge is 0.227 e. The van der Waals surface area contributed by atoms with Gasteiger partial charge in [-0.1, -0.05) is 11.6 Å². The second-order valence-electron chi connectivity index (χ2n) is 5.72. The van der Waals surface area contributed by atoms with E-state index in [0.29, 0.717) is 19.1 Å². The molecule has 1 unspecified atom stereocenters. The highest BCUT2D eigenvalue weighted by Gasteiger charge is 2.30. The van der Waals surface area contributed by atoms with Crippen molar-refractivity contribution in [2.24, 2.45) is 5.92 Å². The maximum atomic E-state index is 12.6. The summed E-state index contributed by atoms with van der Waals surface area (Å²) in [4.78, 5) is 18.2. The lowest BCUT2D eigenvalue weighted by Gasteiger charge is -2.36. The lowest BCUT2D eigenvalue weighted by Crippen LogP contribution is -2.48. The number of piperidine rings is 1. The van der Waals surface area contributed by atoms with E-state index in [-0.39, 0.29) is 5.92 Å². The van der Waals surface area contributed by atoms with Crippen molar-refractivity contribution in [2.45, 2.75) is 19.4 Å². The molecule has 0 N–H and O–H groups in total. The Hall–Kier alpha value is -0.620. The van der Waals surface area contributed by atoms with E-state index in [1.54, 1.807) is 11.3 Å². The average molecular weight is 329 g/mol. The molecule has 1 amide bonds. The van der Waals surface area contributed by atoms with Crippen LogP contribution < -0.4 is 0 Å². The normalized spacial score (nSPS) is 24.2. The molecule has 0 radical (unpaired) electrons. The van der Waals surface area contributed by atoms with Gasteiger partial charge in [0.05, 0.1) is 23.5 Å². The van der Waals surface area contributed by atoms with Crippen molar-refractivity contribution in [3.8, 4) is 0 Å². The minimum atomic E-state index is 0.146. The van der Waals surface area contributed by atoms with Gasteiger partial charge in [0.1, 0.15) is 0 Å². The van der Waals surface area contributed by atoms with Crippen molar-refractivity contribution in [1.82, 2.24) is 9.80 Å². The molecule has 2 aliphatic rings. The second kappa shape index (κ2) is 7.09. The molecular weight excluding hydrogens is 308 g/mol. The first-order chi connectivity index (χ1) is 10.2. The third-order valence-electron chi connectivity index (χ3n) is 4.19. The number of morpholine rings is 1. The van der Waals surface area contributed by atoms with E-state index < -0.39 is 0 Å². The Morgan fingerprint density at radius 2 is 2.14 bits per heavy atom. The van der Waals surface area contributed by atoms with Crippen LogP contribution in [-0.2, 0) is 16.1 Å². The highest BCUT2D eigenvalue weighted by molar-refractivity contribution is 7.16. The second-order valence-corrected chi connectivity index (χ2v) is 7.52. The van der Waals surface area contributed by atoms with Gasteiger partial charge in [0.25, 0.3) is 0 Å². The first-order valence-electron chi connectivity index (χ1n) is 7.55. The van der Waals surface area contributed by atoms with E-state index >= 15 is 0 Å². The standard InChI is InChI=1S/C15H21ClN2O2S/c16-14-4-3-13(21-14)11-17-5-1-2-12(10-17)15(19)18-6-8-20-9-7-18/h3-4,12H,1-2,5-11H2. The van der Waals surface area contributed by atoms with Crippen LogP contribution in [0.3, 0.4) is 0 Å². The number of ether oxygens (including phenoxy) is 1. The van der Waals surface area contributed by atoms with Crippen LogP contribution in [-0.4, -0.2) is 55.1 Å². The van der Waals surface area contributed by atoms with Crippen molar-refractivity contribution in [1.29, 1.82) is 0 Å². The number of likely N-dealkylation sites (tertiary alicyclic amines) is 1. The molecule has 0 saturated carbocycles. The van der Waals surface area contributed by atoms with Crippen LogP contribution in [0, 0.1) is 5.92 Å². The number of rotatable bonds is 3. The Morgan fingerprint density at radius 1 is 1.33 bits per heavy atom. The quantitative estimate of drug-likeness (QED) is 0.854. The lowest BCUT2D eigenvalue weighted by molar-refractivity contribution is -0.141. The van der Waals surface area contributed by atoms with Crippen LogP contribution in [0.4, 0.5) is 0 Å². The van der Waals surface area contributed by atoms with Gasteiger partial charge in [0.15, 0.2) is 0 Å². The maximum Gasteiger partial charge on any atom is 0.227 e. The summed E-state index contributed by atoms with van der Waals surface area (Å²) in [6.45, 7) is 5.69. The van der Waals surface area contributed by atoms with Gasteiger partial charge in [-0.3, -0.25) is 9.69 Å². The zero-order valence-corrected chi connectivity index (χ0v) is 13.7. The minimum Gasteiger partial charge on any atom is -0.378 e. The largest absolute Gasteiger partial charge is 0.378 e. The summed E-state index contributed by atoms with van der Waals surface area (Å²) in [6.07, 6.45) is 2.11. The van der Waals surface area contributed by atoms with Crippen molar-refractivity contribution < 1.29 is 9.53 Å². The van der Waals surface area contributed by atoms with Gasteiger partial charge in [-0.05, 0) is 31.5 Å². The summed E-state index contributed by atoms with van der Waals surface area (Å²) >= 11 is 7.62. The molecule has 21 heavy (non-hydrogen) atoms. The monoisotopic (exact) mass is 328 g/mol. The predicted octanol–water partition coefficient (Wildman–Crippen LogP) is 2.47. The molecular formula is C15H21ClN2O2S. The Kier molecular flexibility index (Phi) is 5.16. The van der Waals surface area contributed by atoms with Crippen LogP contribution in [0.1, 0.15) is 17.7 Å². The van der Waals surface area contributed by atoms with Gasteiger partial charge >= 0.3 is 0 Å². The van der Waals surface area contributed by atoms with E-state index in [0.717, 1.165) is 49.9 Å². The van der Waals surface area contributed by atoms with E-state index in [1.807, 2.05) is 11.0 Å². The third-order valence-corrected chi connectivity index (χ3v) is 5.40. The summed E-state index contributed by atoms with van der Waals surface area (Å²) in [5.74, 6) is 0.458. The maximum absolute atomic E-state index is 12.6. The van der Waals surface area contributed by atoms with E-state index in [9.17, 15) is 4.79 Å². The topological polar surface area (TPSA) is 32.8 Å². The van der Waals surface area contributed by atoms with Crippen molar-refractivity contribution in [3.63, 3.8) is 0 Å². The van der Waals surface area contributed by atoms with Gasteiger partial charge < -0.3 is 9.64 Å². The van der Waals surface area contributed by atoms with E-state index in [1.165, 1.54) is 4.88 Å². The zero-order valence-electron chi connectivity index (χ0n) is 12.1. The summed E-state index contributed by atoms with van der Waals surface area (Å²) in [6, 6.07) is 4.03. The number of carbonyl (C=O) groups is 1. The van der Waals surface area contributed by atoms with E-state index in [2.05, 4.69) is 11.0 Å². The van der Waals surface area contributed by atoms with E-state index in [4.69, 9.17) is 16.3 Å². The number of carbonyl (C=O) groups excluding carboxylic acids is 1. The van der Waals surface area contributed by atoms with Crippen LogP contribution in [0.5, 0.6) is 0 Å². The number of nitrogens with zero attached hydrogens (tertiary/aromatic N) is 2. The molecule has 3 heterocycles. The first-order valence-corrected chi connectivity index (χ1v) is 8.75. The molecule has 0 aromatic carbocycles. The molecule has 0 aliphatic carbocycles. The van der Waals surface area contributed by atoms with Gasteiger partial charge in [0, 0.05) is 31.1 Å². The SMILES string of the molecule is O=C(C1CCCN(Cc2ccc(Cl)s2)C1)N1CCOCC1. The first kappa shape index (κ1) is 15.3. The zero-order chi connectivity index (χ0) is 14.7. The molecule has 1 aromatic rings. The Labute approximate surface area is 134 Å². The molecule has 1 aromatic heterocycles. The molecule has 1 atom stereocenters. The molecule has 3 rings (SSSR count). The number of hydrogen-bond acceptors (Lipinski definition) is 4. The predicted molar refractivity (Wildman–Crippen MR) is 84.7 cm³/mol. The van der Waals surface area contributed by atoms with Crippen LogP contribution in [0.25, 0.3) is 0 Å². The number of hydrogen-bond donors (Lipinski definition) is 0. The average Bonchev–Trinajstić information content (AvgIpc) is 2.93. The molecule has 2 saturated heterocycles. The molecule has 4 nitrogen and oxygen atoms in total. The number of halogens is 1. The highest BCUT2D eigenvalue weighted by atomic mass is 35.5. The van der Waals surface area contributed by atoms with Crippen molar-refractivity contribution >= 4 is 28.8 Å². The molecule has 0 spiro atoms. The van der Waals surface area contributed by atoms with Gasteiger partial charge in [-0.2, -0.15) is 0 Å². The van der Waals surface area contributed by atoms with Gasteiger partial charge in [-0.25, -0.2) is 0 Å². The van der Waals surface area contributed by atoms with Crippen molar-refractivity contribution in [2.75, 3.05) is 39.4 Å². The number of amides is 1. The Balaban J connectivity index is 1.56. The third kappa shape index (κ3) is 3.97. The lowest BCUT2D eigenvalue weighted by atomic mass is 9.96. The van der Waals surface area contributed by atoms with Gasteiger partial charge in [-0.15, -0.1) is 11.3 Å². The summed E-state index contributed by atoms with van der Waals surface area (Å²) < 4.78 is 6.16. The fourth-order valence-electron chi connectivity index (χ4n) is 3.10. The highest BCUT2D eigenvalue weighted by Crippen LogP contribution is 2.26. The fourth-order valence-corrected chi connectivity index (χ4v) is 4.23. The van der Waals surface area contributed by atoms with Gasteiger partial charge in [0.2, 0.25) is 5.91 Å². The minimum absolute atomic E-state index is 0.146. The van der Waals surface area contributed by atoms with Crippen LogP contribution >= 0.6 is 22.9 Å². The molecule has 2 fully saturated rings. The summed E-state index contributed by atoms with van der Waals surface area (Å²) in [5.41, 5.74) is 0. The molecule has 6 heteroatoms. The van der Waals surface area contributed by atoms with Crippen LogP contribution in [0.15, 0.2) is 12.1 Å². The Morgan fingerprint density at radius 3 is 2.86 bits per heavy atom.